The molecule has 0 saturated carbocycles. The third kappa shape index (κ3) is 3.86. The van der Waals surface area contributed by atoms with Crippen LogP contribution in [-0.4, -0.2) is 5.97 Å². The van der Waals surface area contributed by atoms with Crippen molar-refractivity contribution in [3.8, 4) is 0 Å². The standard InChI is InChI=1S/C19H14Cl2O4/c1-10-3-16-13(7-18(22)25-17(16)4-11(10)2)9-24-19(23)12-5-14(20)8-15(21)6-12/h3-8H,9H2,1-2H3. The second-order valence-corrected chi connectivity index (χ2v) is 6.63. The van der Waals surface area contributed by atoms with E-state index in [-0.39, 0.29) is 12.2 Å². The van der Waals surface area contributed by atoms with Gasteiger partial charge in [0, 0.05) is 27.1 Å². The van der Waals surface area contributed by atoms with Gasteiger partial charge in [0.05, 0.1) is 5.56 Å². The zero-order chi connectivity index (χ0) is 18.1. The van der Waals surface area contributed by atoms with Crippen molar-refractivity contribution in [3.05, 3.63) is 79.1 Å². The minimum Gasteiger partial charge on any atom is -0.457 e. The van der Waals surface area contributed by atoms with Crippen LogP contribution in [-0.2, 0) is 11.3 Å². The Morgan fingerprint density at radius 2 is 1.64 bits per heavy atom. The molecule has 6 heteroatoms. The fraction of sp³-hybridized carbons (Fsp3) is 0.158. The Morgan fingerprint density at radius 3 is 2.32 bits per heavy atom. The first-order valence-corrected chi connectivity index (χ1v) is 8.26. The summed E-state index contributed by atoms with van der Waals surface area (Å²) in [5.74, 6) is -0.574. The third-order valence-electron chi connectivity index (χ3n) is 3.90. The number of carbonyl (C=O) groups is 1. The molecule has 0 amide bonds. The van der Waals surface area contributed by atoms with E-state index in [2.05, 4.69) is 0 Å². The molecule has 2 aromatic carbocycles. The van der Waals surface area contributed by atoms with E-state index in [9.17, 15) is 9.59 Å². The van der Waals surface area contributed by atoms with E-state index in [4.69, 9.17) is 32.4 Å². The molecule has 0 spiro atoms. The van der Waals surface area contributed by atoms with E-state index < -0.39 is 11.6 Å². The molecule has 0 unspecified atom stereocenters. The lowest BCUT2D eigenvalue weighted by Crippen LogP contribution is -2.08. The van der Waals surface area contributed by atoms with E-state index in [1.165, 1.54) is 24.3 Å². The summed E-state index contributed by atoms with van der Waals surface area (Å²) in [6, 6.07) is 9.51. The maximum atomic E-state index is 12.2. The van der Waals surface area contributed by atoms with E-state index in [0.717, 1.165) is 16.5 Å². The van der Waals surface area contributed by atoms with Crippen LogP contribution in [0.4, 0.5) is 0 Å². The lowest BCUT2D eigenvalue weighted by Gasteiger charge is -2.09. The largest absolute Gasteiger partial charge is 0.457 e. The van der Waals surface area contributed by atoms with Crippen molar-refractivity contribution in [2.24, 2.45) is 0 Å². The number of hydrogen-bond acceptors (Lipinski definition) is 4. The molecule has 1 heterocycles. The van der Waals surface area contributed by atoms with Crippen molar-refractivity contribution in [1.82, 2.24) is 0 Å². The first-order chi connectivity index (χ1) is 11.8. The van der Waals surface area contributed by atoms with Crippen molar-refractivity contribution in [2.75, 3.05) is 0 Å². The molecule has 0 bridgehead atoms. The number of ether oxygens (including phenoxy) is 1. The van der Waals surface area contributed by atoms with Crippen LogP contribution in [0.3, 0.4) is 0 Å². The number of aryl methyl sites for hydroxylation is 2. The molecule has 0 fully saturated rings. The monoisotopic (exact) mass is 376 g/mol. The SMILES string of the molecule is Cc1cc2oc(=O)cc(COC(=O)c3cc(Cl)cc(Cl)c3)c2cc1C. The maximum Gasteiger partial charge on any atom is 0.338 e. The molecule has 4 nitrogen and oxygen atoms in total. The number of halogens is 2. The minimum atomic E-state index is -0.574. The maximum absolute atomic E-state index is 12.2. The van der Waals surface area contributed by atoms with Gasteiger partial charge >= 0.3 is 11.6 Å². The van der Waals surface area contributed by atoms with Crippen LogP contribution in [0.25, 0.3) is 11.0 Å². The van der Waals surface area contributed by atoms with Crippen LogP contribution < -0.4 is 5.63 Å². The van der Waals surface area contributed by atoms with Crippen molar-refractivity contribution >= 4 is 40.1 Å². The lowest BCUT2D eigenvalue weighted by atomic mass is 10.0. The molecule has 0 aliphatic rings. The molecule has 3 rings (SSSR count). The number of esters is 1. The molecule has 25 heavy (non-hydrogen) atoms. The molecule has 0 radical (unpaired) electrons. The highest BCUT2D eigenvalue weighted by molar-refractivity contribution is 6.35. The van der Waals surface area contributed by atoms with Gasteiger partial charge < -0.3 is 9.15 Å². The van der Waals surface area contributed by atoms with Crippen LogP contribution in [0.15, 0.2) is 45.6 Å². The number of rotatable bonds is 3. The average molecular weight is 377 g/mol. The normalized spacial score (nSPS) is 10.9. The lowest BCUT2D eigenvalue weighted by molar-refractivity contribution is 0.0474. The average Bonchev–Trinajstić information content (AvgIpc) is 2.53. The number of carbonyl (C=O) groups excluding carboxylic acids is 1. The Bertz CT molecular complexity index is 1020. The van der Waals surface area contributed by atoms with Gasteiger partial charge in [-0.15, -0.1) is 0 Å². The number of hydrogen-bond donors (Lipinski definition) is 0. The minimum absolute atomic E-state index is 0.0619. The van der Waals surface area contributed by atoms with Gasteiger partial charge in [0.25, 0.3) is 0 Å². The van der Waals surface area contributed by atoms with Crippen molar-refractivity contribution in [3.63, 3.8) is 0 Å². The molecule has 0 saturated heterocycles. The van der Waals surface area contributed by atoms with Crippen LogP contribution in [0, 0.1) is 13.8 Å². The van der Waals surface area contributed by atoms with E-state index in [1.807, 2.05) is 19.9 Å². The van der Waals surface area contributed by atoms with Gasteiger partial charge in [0.1, 0.15) is 12.2 Å². The molecule has 0 aliphatic heterocycles. The smallest absolute Gasteiger partial charge is 0.338 e. The summed E-state index contributed by atoms with van der Waals surface area (Å²) in [7, 11) is 0. The van der Waals surface area contributed by atoms with Gasteiger partial charge in [-0.3, -0.25) is 0 Å². The predicted octanol–water partition coefficient (Wildman–Crippen LogP) is 5.07. The summed E-state index contributed by atoms with van der Waals surface area (Å²) in [5, 5.41) is 1.42. The molecule has 1 aromatic heterocycles. The van der Waals surface area contributed by atoms with Crippen LogP contribution in [0.1, 0.15) is 27.0 Å². The summed E-state index contributed by atoms with van der Waals surface area (Å²) < 4.78 is 10.6. The zero-order valence-electron chi connectivity index (χ0n) is 13.6. The quantitative estimate of drug-likeness (QED) is 0.472. The van der Waals surface area contributed by atoms with Gasteiger partial charge in [-0.2, -0.15) is 0 Å². The fourth-order valence-corrected chi connectivity index (χ4v) is 3.03. The Morgan fingerprint density at radius 1 is 1.00 bits per heavy atom. The van der Waals surface area contributed by atoms with E-state index in [1.54, 1.807) is 6.07 Å². The number of benzene rings is 2. The van der Waals surface area contributed by atoms with Gasteiger partial charge in [0.15, 0.2) is 0 Å². The molecule has 3 aromatic rings. The second kappa shape index (κ2) is 6.90. The highest BCUT2D eigenvalue weighted by atomic mass is 35.5. The third-order valence-corrected chi connectivity index (χ3v) is 4.34. The summed E-state index contributed by atoms with van der Waals surface area (Å²) in [5.41, 5.74) is 2.86. The number of fused-ring (bicyclic) bond motifs is 1. The summed E-state index contributed by atoms with van der Waals surface area (Å²) in [4.78, 5) is 24.0. The fourth-order valence-electron chi connectivity index (χ4n) is 2.50. The van der Waals surface area contributed by atoms with Crippen LogP contribution in [0.2, 0.25) is 10.0 Å². The first kappa shape index (κ1) is 17.5. The highest BCUT2D eigenvalue weighted by Gasteiger charge is 2.13. The Labute approximate surface area is 153 Å². The van der Waals surface area contributed by atoms with Gasteiger partial charge in [-0.25, -0.2) is 9.59 Å². The summed E-state index contributed by atoms with van der Waals surface area (Å²) in [6.45, 7) is 3.83. The Hall–Kier alpha value is -2.30. The molecular weight excluding hydrogens is 363 g/mol. The van der Waals surface area contributed by atoms with E-state index in [0.29, 0.717) is 21.2 Å². The molecule has 0 N–H and O–H groups in total. The summed E-state index contributed by atoms with van der Waals surface area (Å²) >= 11 is 11.8. The van der Waals surface area contributed by atoms with Gasteiger partial charge in [0.2, 0.25) is 0 Å². The molecule has 0 atom stereocenters. The molecule has 0 aliphatic carbocycles. The van der Waals surface area contributed by atoms with Crippen molar-refractivity contribution < 1.29 is 13.9 Å². The van der Waals surface area contributed by atoms with Crippen LogP contribution >= 0.6 is 23.2 Å². The van der Waals surface area contributed by atoms with Crippen LogP contribution in [0.5, 0.6) is 0 Å². The summed E-state index contributed by atoms with van der Waals surface area (Å²) in [6.07, 6.45) is 0. The first-order valence-electron chi connectivity index (χ1n) is 7.50. The van der Waals surface area contributed by atoms with Crippen molar-refractivity contribution in [1.29, 1.82) is 0 Å². The zero-order valence-corrected chi connectivity index (χ0v) is 15.1. The highest BCUT2D eigenvalue weighted by Crippen LogP contribution is 2.23. The second-order valence-electron chi connectivity index (χ2n) is 5.76. The van der Waals surface area contributed by atoms with Crippen molar-refractivity contribution in [2.45, 2.75) is 20.5 Å². The van der Waals surface area contributed by atoms with E-state index >= 15 is 0 Å². The molecule has 128 valence electrons. The Balaban J connectivity index is 1.91. The topological polar surface area (TPSA) is 56.5 Å². The Kier molecular flexibility index (Phi) is 4.84. The predicted molar refractivity (Wildman–Crippen MR) is 97.5 cm³/mol. The van der Waals surface area contributed by atoms with Gasteiger partial charge in [-0.1, -0.05) is 23.2 Å². The van der Waals surface area contributed by atoms with Gasteiger partial charge in [-0.05, 0) is 55.3 Å². The molecular formula is C19H14Cl2O4.